The van der Waals surface area contributed by atoms with Gasteiger partial charge in [-0.3, -0.25) is 0 Å². The lowest BCUT2D eigenvalue weighted by Gasteiger charge is -2.19. The van der Waals surface area contributed by atoms with Crippen LogP contribution in [0.25, 0.3) is 29.0 Å². The molecule has 4 rings (SSSR count). The summed E-state index contributed by atoms with van der Waals surface area (Å²) in [7, 11) is 1.56. The first kappa shape index (κ1) is 19.6. The number of hydrogen-bond donors (Lipinski definition) is 1. The quantitative estimate of drug-likeness (QED) is 0.559. The Morgan fingerprint density at radius 2 is 1.83 bits per heavy atom. The molecule has 0 amide bonds. The van der Waals surface area contributed by atoms with E-state index >= 15 is 0 Å². The van der Waals surface area contributed by atoms with Crippen LogP contribution in [-0.2, 0) is 0 Å². The summed E-state index contributed by atoms with van der Waals surface area (Å²) in [6.07, 6.45) is 6.42. The average molecular weight is 396 g/mol. The molecule has 150 valence electrons. The number of benzene rings is 3. The third-order valence-corrected chi connectivity index (χ3v) is 5.37. The van der Waals surface area contributed by atoms with E-state index in [1.165, 1.54) is 0 Å². The van der Waals surface area contributed by atoms with Gasteiger partial charge >= 0.3 is 0 Å². The summed E-state index contributed by atoms with van der Waals surface area (Å²) in [6, 6.07) is 18.0. The summed E-state index contributed by atoms with van der Waals surface area (Å²) in [5.41, 5.74) is 5.69. The van der Waals surface area contributed by atoms with Crippen LogP contribution in [0.15, 0.2) is 66.4 Å². The molecule has 1 aliphatic carbocycles. The van der Waals surface area contributed by atoms with Gasteiger partial charge in [-0.25, -0.2) is 0 Å². The van der Waals surface area contributed by atoms with Crippen LogP contribution >= 0.6 is 0 Å². The number of fused-ring (bicyclic) bond motifs is 1. The zero-order valence-electron chi connectivity index (χ0n) is 17.2. The first-order chi connectivity index (χ1) is 14.6. The van der Waals surface area contributed by atoms with Crippen molar-refractivity contribution in [3.05, 3.63) is 87.6 Å². The standard InChI is InChI=1S/C26H24N2O2/c1-17-15-22(26(28-29)24(16-17)30-3)25-21-12-8-7-11-20(21)13-14-23(25)27-18(2)19-9-5-4-6-10-19/h4-6,9-16,27H,2,7-8H2,1,3H3. The lowest BCUT2D eigenvalue weighted by atomic mass is 9.93. The van der Waals surface area contributed by atoms with Gasteiger partial charge in [-0.15, -0.1) is 4.91 Å². The van der Waals surface area contributed by atoms with Gasteiger partial charge in [0.15, 0.2) is 5.69 Å². The molecular weight excluding hydrogens is 372 g/mol. The molecule has 0 heterocycles. The van der Waals surface area contributed by atoms with E-state index in [1.807, 2.05) is 55.5 Å². The monoisotopic (exact) mass is 396 g/mol. The number of nitroso groups, excluding NO2 is 1. The van der Waals surface area contributed by atoms with E-state index in [4.69, 9.17) is 4.74 Å². The van der Waals surface area contributed by atoms with Crippen molar-refractivity contribution in [1.82, 2.24) is 0 Å². The predicted molar refractivity (Wildman–Crippen MR) is 125 cm³/mol. The van der Waals surface area contributed by atoms with Crippen molar-refractivity contribution in [1.29, 1.82) is 0 Å². The molecule has 0 fully saturated rings. The van der Waals surface area contributed by atoms with Gasteiger partial charge in [0.25, 0.3) is 0 Å². The molecule has 1 aliphatic rings. The van der Waals surface area contributed by atoms with Gasteiger partial charge in [0, 0.05) is 22.5 Å². The molecule has 0 radical (unpaired) electrons. The zero-order chi connectivity index (χ0) is 21.1. The zero-order valence-corrected chi connectivity index (χ0v) is 17.2. The van der Waals surface area contributed by atoms with Gasteiger partial charge in [0.2, 0.25) is 0 Å². The summed E-state index contributed by atoms with van der Waals surface area (Å²) in [5.74, 6) is 0.477. The molecule has 3 aromatic carbocycles. The highest BCUT2D eigenvalue weighted by atomic mass is 16.5. The second-order valence-corrected chi connectivity index (χ2v) is 7.40. The largest absolute Gasteiger partial charge is 0.494 e. The normalized spacial score (nSPS) is 12.2. The average Bonchev–Trinajstić information content (AvgIpc) is 2.78. The smallest absolute Gasteiger partial charge is 0.157 e. The fourth-order valence-corrected chi connectivity index (χ4v) is 3.95. The molecule has 0 atom stereocenters. The highest BCUT2D eigenvalue weighted by Gasteiger charge is 2.19. The highest BCUT2D eigenvalue weighted by Crippen LogP contribution is 2.41. The van der Waals surface area contributed by atoms with E-state index in [1.54, 1.807) is 7.11 Å². The second kappa shape index (κ2) is 8.37. The Morgan fingerprint density at radius 3 is 2.57 bits per heavy atom. The van der Waals surface area contributed by atoms with Gasteiger partial charge in [0.1, 0.15) is 5.75 Å². The van der Waals surface area contributed by atoms with Crippen LogP contribution in [0, 0.1) is 11.8 Å². The molecule has 0 aromatic heterocycles. The van der Waals surface area contributed by atoms with E-state index in [0.29, 0.717) is 11.4 Å². The SMILES string of the molecule is C=C(Nc1ccc2c(c1-c1cc(C)cc(OC)c1N=O)=CCCC=2)c1ccccc1. The number of nitrogens with one attached hydrogen (secondary N) is 1. The van der Waals surface area contributed by atoms with E-state index in [0.717, 1.165) is 56.9 Å². The lowest BCUT2D eigenvalue weighted by Crippen LogP contribution is -2.29. The van der Waals surface area contributed by atoms with E-state index < -0.39 is 0 Å². The Hall–Kier alpha value is -3.66. The minimum absolute atomic E-state index is 0.309. The maximum atomic E-state index is 11.8. The second-order valence-electron chi connectivity index (χ2n) is 7.40. The molecule has 0 aliphatic heterocycles. The van der Waals surface area contributed by atoms with Gasteiger partial charge in [-0.05, 0) is 64.7 Å². The van der Waals surface area contributed by atoms with Crippen molar-refractivity contribution in [3.63, 3.8) is 0 Å². The molecule has 30 heavy (non-hydrogen) atoms. The number of nitrogens with zero attached hydrogens (tertiary/aromatic N) is 1. The van der Waals surface area contributed by atoms with Gasteiger partial charge in [-0.1, -0.05) is 55.1 Å². The number of aryl methyl sites for hydroxylation is 1. The fourth-order valence-electron chi connectivity index (χ4n) is 3.95. The molecular formula is C26H24N2O2. The Labute approximate surface area is 176 Å². The number of methoxy groups -OCH3 is 1. The summed E-state index contributed by atoms with van der Waals surface area (Å²) < 4.78 is 5.46. The maximum absolute atomic E-state index is 11.8. The summed E-state index contributed by atoms with van der Waals surface area (Å²) >= 11 is 0. The Balaban J connectivity index is 1.97. The fraction of sp³-hybridized carbons (Fsp3) is 0.154. The Kier molecular flexibility index (Phi) is 5.48. The van der Waals surface area contributed by atoms with Crippen LogP contribution < -0.4 is 20.5 Å². The van der Waals surface area contributed by atoms with Crippen LogP contribution in [0.1, 0.15) is 24.0 Å². The molecule has 3 aromatic rings. The highest BCUT2D eigenvalue weighted by molar-refractivity contribution is 5.92. The first-order valence-corrected chi connectivity index (χ1v) is 9.99. The minimum atomic E-state index is 0.309. The number of rotatable bonds is 6. The topological polar surface area (TPSA) is 50.7 Å². The molecule has 4 nitrogen and oxygen atoms in total. The Morgan fingerprint density at radius 1 is 1.07 bits per heavy atom. The van der Waals surface area contributed by atoms with E-state index in [2.05, 4.69) is 35.3 Å². The molecule has 0 bridgehead atoms. The summed E-state index contributed by atoms with van der Waals surface area (Å²) in [6.45, 7) is 6.21. The first-order valence-electron chi connectivity index (χ1n) is 9.99. The maximum Gasteiger partial charge on any atom is 0.157 e. The molecule has 0 spiro atoms. The Bertz CT molecular complexity index is 1240. The van der Waals surface area contributed by atoms with Crippen LogP contribution in [-0.4, -0.2) is 7.11 Å². The number of hydrogen-bond acceptors (Lipinski definition) is 4. The molecule has 1 N–H and O–H groups in total. The van der Waals surface area contributed by atoms with Crippen molar-refractivity contribution in [3.8, 4) is 16.9 Å². The molecule has 4 heteroatoms. The number of ether oxygens (including phenoxy) is 1. The van der Waals surface area contributed by atoms with Crippen LogP contribution in [0.5, 0.6) is 5.75 Å². The van der Waals surface area contributed by atoms with Crippen molar-refractivity contribution < 1.29 is 4.74 Å². The van der Waals surface area contributed by atoms with Crippen LogP contribution in [0.3, 0.4) is 0 Å². The third kappa shape index (κ3) is 3.64. The van der Waals surface area contributed by atoms with Crippen LogP contribution in [0.2, 0.25) is 0 Å². The van der Waals surface area contributed by atoms with Gasteiger partial charge in [0.05, 0.1) is 7.11 Å². The molecule has 0 saturated heterocycles. The third-order valence-electron chi connectivity index (χ3n) is 5.37. The summed E-state index contributed by atoms with van der Waals surface area (Å²) in [5, 5.41) is 9.07. The predicted octanol–water partition coefficient (Wildman–Crippen LogP) is 5.51. The molecule has 0 saturated carbocycles. The van der Waals surface area contributed by atoms with Crippen molar-refractivity contribution >= 4 is 29.2 Å². The lowest BCUT2D eigenvalue weighted by molar-refractivity contribution is 0.416. The van der Waals surface area contributed by atoms with E-state index in [-0.39, 0.29) is 0 Å². The van der Waals surface area contributed by atoms with Crippen LogP contribution in [0.4, 0.5) is 11.4 Å². The van der Waals surface area contributed by atoms with Gasteiger partial charge in [-0.2, -0.15) is 0 Å². The number of anilines is 1. The summed E-state index contributed by atoms with van der Waals surface area (Å²) in [4.78, 5) is 11.8. The molecule has 0 unspecified atom stereocenters. The van der Waals surface area contributed by atoms with E-state index in [9.17, 15) is 4.91 Å². The van der Waals surface area contributed by atoms with Gasteiger partial charge < -0.3 is 10.1 Å². The van der Waals surface area contributed by atoms with Crippen molar-refractivity contribution in [2.75, 3.05) is 12.4 Å². The van der Waals surface area contributed by atoms with Crippen molar-refractivity contribution in [2.24, 2.45) is 5.18 Å². The minimum Gasteiger partial charge on any atom is -0.494 e. The van der Waals surface area contributed by atoms with Crippen molar-refractivity contribution in [2.45, 2.75) is 19.8 Å².